The molecule has 11 heteroatoms. The Morgan fingerprint density at radius 3 is 2.93 bits per heavy atom. The molecule has 0 aliphatic carbocycles. The van der Waals surface area contributed by atoms with Crippen LogP contribution in [0.25, 0.3) is 15.7 Å². The van der Waals surface area contributed by atoms with Crippen LogP contribution in [0, 0.1) is 6.92 Å². The summed E-state index contributed by atoms with van der Waals surface area (Å²) in [6, 6.07) is 6.91. The molecule has 0 spiro atoms. The molecule has 0 unspecified atom stereocenters. The van der Waals surface area contributed by atoms with Gasteiger partial charge in [0.2, 0.25) is 0 Å². The highest BCUT2D eigenvalue weighted by atomic mass is 32.1. The van der Waals surface area contributed by atoms with Gasteiger partial charge in [0.25, 0.3) is 11.5 Å². The van der Waals surface area contributed by atoms with Crippen LogP contribution in [0.1, 0.15) is 15.4 Å². The van der Waals surface area contributed by atoms with Gasteiger partial charge in [0.1, 0.15) is 22.5 Å². The van der Waals surface area contributed by atoms with Gasteiger partial charge in [-0.15, -0.1) is 27.8 Å². The van der Waals surface area contributed by atoms with Gasteiger partial charge in [-0.2, -0.15) is 5.10 Å². The van der Waals surface area contributed by atoms with Crippen LogP contribution >= 0.6 is 22.7 Å². The largest absolute Gasteiger partial charge is 0.349 e. The molecule has 4 aromatic rings. The van der Waals surface area contributed by atoms with Gasteiger partial charge in [0, 0.05) is 12.6 Å². The molecular formula is C17H15N7O2S2. The number of aromatic nitrogens is 6. The minimum atomic E-state index is -0.257. The van der Waals surface area contributed by atoms with Crippen LogP contribution < -0.4 is 10.9 Å². The standard InChI is InChI=1S/C17H15N7O2S2/c1-11-15(28-17(21-11)12-3-2-8-27-12)16(26)19-6-7-23-14(25)5-4-13(22-23)24-10-18-9-20-24/h2-5,8-10H,6-7H2,1H3,(H,19,26). The fourth-order valence-corrected chi connectivity index (χ4v) is 4.29. The van der Waals surface area contributed by atoms with Crippen molar-refractivity contribution in [1.82, 2.24) is 34.8 Å². The molecule has 4 rings (SSSR count). The summed E-state index contributed by atoms with van der Waals surface area (Å²) in [6.45, 7) is 2.32. The maximum absolute atomic E-state index is 12.5. The monoisotopic (exact) mass is 413 g/mol. The third-order valence-electron chi connectivity index (χ3n) is 3.85. The summed E-state index contributed by atoms with van der Waals surface area (Å²) in [4.78, 5) is 34.5. The maximum atomic E-state index is 12.5. The van der Waals surface area contributed by atoms with Crippen molar-refractivity contribution in [3.8, 4) is 15.7 Å². The lowest BCUT2D eigenvalue weighted by atomic mass is 10.3. The van der Waals surface area contributed by atoms with Crippen LogP contribution in [-0.2, 0) is 6.54 Å². The van der Waals surface area contributed by atoms with Gasteiger partial charge in [0.05, 0.1) is 17.1 Å². The summed E-state index contributed by atoms with van der Waals surface area (Å²) in [5, 5.41) is 13.9. The molecule has 4 aromatic heterocycles. The number of hydrogen-bond acceptors (Lipinski definition) is 8. The van der Waals surface area contributed by atoms with E-state index in [1.54, 1.807) is 17.4 Å². The first-order valence-corrected chi connectivity index (χ1v) is 10.0. The van der Waals surface area contributed by atoms with Crippen LogP contribution in [0.3, 0.4) is 0 Å². The molecule has 0 radical (unpaired) electrons. The Labute approximate surface area is 167 Å². The van der Waals surface area contributed by atoms with Crippen molar-refractivity contribution in [3.05, 3.63) is 63.2 Å². The number of thiophene rings is 1. The van der Waals surface area contributed by atoms with Crippen molar-refractivity contribution in [2.24, 2.45) is 0 Å². The van der Waals surface area contributed by atoms with E-state index >= 15 is 0 Å². The van der Waals surface area contributed by atoms with E-state index in [1.807, 2.05) is 24.4 Å². The van der Waals surface area contributed by atoms with E-state index in [9.17, 15) is 9.59 Å². The van der Waals surface area contributed by atoms with Gasteiger partial charge in [-0.3, -0.25) is 9.59 Å². The lowest BCUT2D eigenvalue weighted by molar-refractivity contribution is 0.0955. The molecule has 0 fully saturated rings. The zero-order chi connectivity index (χ0) is 19.5. The SMILES string of the molecule is Cc1nc(-c2cccs2)sc1C(=O)NCCn1nc(-n2cncn2)ccc1=O. The number of nitrogens with one attached hydrogen (secondary N) is 1. The molecule has 1 amide bonds. The topological polar surface area (TPSA) is 108 Å². The van der Waals surface area contributed by atoms with Crippen molar-refractivity contribution in [1.29, 1.82) is 0 Å². The Morgan fingerprint density at radius 2 is 2.18 bits per heavy atom. The second kappa shape index (κ2) is 7.82. The average Bonchev–Trinajstić information content (AvgIpc) is 3.44. The van der Waals surface area contributed by atoms with Crippen molar-refractivity contribution >= 4 is 28.6 Å². The Kier molecular flexibility index (Phi) is 5.08. The summed E-state index contributed by atoms with van der Waals surface area (Å²) >= 11 is 2.95. The minimum Gasteiger partial charge on any atom is -0.349 e. The highest BCUT2D eigenvalue weighted by molar-refractivity contribution is 7.22. The van der Waals surface area contributed by atoms with Crippen LogP contribution in [0.4, 0.5) is 0 Å². The highest BCUT2D eigenvalue weighted by Crippen LogP contribution is 2.30. The van der Waals surface area contributed by atoms with Crippen LogP contribution in [0.15, 0.2) is 47.1 Å². The van der Waals surface area contributed by atoms with E-state index in [-0.39, 0.29) is 24.6 Å². The molecule has 1 N–H and O–H groups in total. The van der Waals surface area contributed by atoms with Gasteiger partial charge < -0.3 is 5.32 Å². The van der Waals surface area contributed by atoms with Crippen molar-refractivity contribution in [3.63, 3.8) is 0 Å². The molecular weight excluding hydrogens is 398 g/mol. The van der Waals surface area contributed by atoms with Gasteiger partial charge in [-0.05, 0) is 24.4 Å². The number of carbonyl (C=O) groups excluding carboxylic acids is 1. The summed E-state index contributed by atoms with van der Waals surface area (Å²) in [7, 11) is 0. The molecule has 28 heavy (non-hydrogen) atoms. The Hall–Kier alpha value is -3.18. The molecule has 0 saturated carbocycles. The average molecular weight is 413 g/mol. The second-order valence-electron chi connectivity index (χ2n) is 5.76. The third-order valence-corrected chi connectivity index (χ3v) is 6.05. The molecule has 0 aliphatic rings. The van der Waals surface area contributed by atoms with E-state index in [1.165, 1.54) is 39.4 Å². The highest BCUT2D eigenvalue weighted by Gasteiger charge is 2.16. The lowest BCUT2D eigenvalue weighted by Crippen LogP contribution is -2.32. The molecule has 0 bridgehead atoms. The minimum absolute atomic E-state index is 0.210. The Balaban J connectivity index is 1.42. The van der Waals surface area contributed by atoms with Crippen molar-refractivity contribution < 1.29 is 4.79 Å². The van der Waals surface area contributed by atoms with Crippen molar-refractivity contribution in [2.45, 2.75) is 13.5 Å². The number of thiazole rings is 1. The number of rotatable bonds is 6. The summed E-state index contributed by atoms with van der Waals surface area (Å²) in [5.41, 5.74) is 0.432. The molecule has 0 aliphatic heterocycles. The predicted molar refractivity (Wildman–Crippen MR) is 106 cm³/mol. The molecule has 4 heterocycles. The number of nitrogens with zero attached hydrogens (tertiary/aromatic N) is 6. The Morgan fingerprint density at radius 1 is 1.29 bits per heavy atom. The normalized spacial score (nSPS) is 10.9. The summed E-state index contributed by atoms with van der Waals surface area (Å²) < 4.78 is 2.75. The Bertz CT molecular complexity index is 1150. The second-order valence-corrected chi connectivity index (χ2v) is 7.71. The van der Waals surface area contributed by atoms with Crippen LogP contribution in [0.2, 0.25) is 0 Å². The van der Waals surface area contributed by atoms with Gasteiger partial charge in [0.15, 0.2) is 5.82 Å². The maximum Gasteiger partial charge on any atom is 0.266 e. The van der Waals surface area contributed by atoms with E-state index in [0.29, 0.717) is 16.4 Å². The van der Waals surface area contributed by atoms with Gasteiger partial charge in [-0.1, -0.05) is 6.07 Å². The summed E-state index contributed by atoms with van der Waals surface area (Å²) in [6.07, 6.45) is 2.88. The molecule has 0 aromatic carbocycles. The van der Waals surface area contributed by atoms with E-state index < -0.39 is 0 Å². The first kappa shape index (κ1) is 18.2. The third kappa shape index (κ3) is 3.75. The summed E-state index contributed by atoms with van der Waals surface area (Å²) in [5.74, 6) is 0.264. The molecule has 142 valence electrons. The van der Waals surface area contributed by atoms with E-state index in [0.717, 1.165) is 9.88 Å². The number of carbonyl (C=O) groups is 1. The lowest BCUT2D eigenvalue weighted by Gasteiger charge is -2.07. The fraction of sp³-hybridized carbons (Fsp3) is 0.176. The molecule has 0 saturated heterocycles. The smallest absolute Gasteiger partial charge is 0.266 e. The zero-order valence-corrected chi connectivity index (χ0v) is 16.4. The van der Waals surface area contributed by atoms with Gasteiger partial charge >= 0.3 is 0 Å². The van der Waals surface area contributed by atoms with Gasteiger partial charge in [-0.25, -0.2) is 19.3 Å². The number of amides is 1. The molecule has 0 atom stereocenters. The first-order chi connectivity index (χ1) is 13.6. The number of hydrogen-bond donors (Lipinski definition) is 1. The molecule has 9 nitrogen and oxygen atoms in total. The van der Waals surface area contributed by atoms with Crippen LogP contribution in [-0.4, -0.2) is 42.0 Å². The van der Waals surface area contributed by atoms with Crippen LogP contribution in [0.5, 0.6) is 0 Å². The number of aryl methyl sites for hydroxylation is 1. The van der Waals surface area contributed by atoms with E-state index in [4.69, 9.17) is 0 Å². The van der Waals surface area contributed by atoms with E-state index in [2.05, 4.69) is 25.5 Å². The quantitative estimate of drug-likeness (QED) is 0.516. The van der Waals surface area contributed by atoms with Crippen molar-refractivity contribution in [2.75, 3.05) is 6.54 Å². The fourth-order valence-electron chi connectivity index (χ4n) is 2.52. The first-order valence-electron chi connectivity index (χ1n) is 8.34. The zero-order valence-electron chi connectivity index (χ0n) is 14.8. The predicted octanol–water partition coefficient (Wildman–Crippen LogP) is 1.75.